The number of carbonyl (C=O) groups excluding carboxylic acids is 1. The van der Waals surface area contributed by atoms with E-state index in [1.807, 2.05) is 6.92 Å². The van der Waals surface area contributed by atoms with Crippen molar-refractivity contribution in [2.75, 3.05) is 26.6 Å². The van der Waals surface area contributed by atoms with Crippen LogP contribution in [0.25, 0.3) is 0 Å². The molecule has 0 fully saturated rings. The molecular formula is C14H19N5O4. The Morgan fingerprint density at radius 1 is 1.17 bits per heavy atom. The zero-order valence-electron chi connectivity index (χ0n) is 13.5. The van der Waals surface area contributed by atoms with Crippen LogP contribution in [-0.4, -0.2) is 47.4 Å². The Morgan fingerprint density at radius 2 is 1.83 bits per heavy atom. The number of ether oxygens (including phenoxy) is 3. The molecule has 9 nitrogen and oxygen atoms in total. The van der Waals surface area contributed by atoms with Crippen molar-refractivity contribution < 1.29 is 19.0 Å². The van der Waals surface area contributed by atoms with Crippen LogP contribution in [0.2, 0.25) is 0 Å². The molecule has 9 heteroatoms. The molecule has 0 bridgehead atoms. The van der Waals surface area contributed by atoms with E-state index < -0.39 is 5.91 Å². The lowest BCUT2D eigenvalue weighted by molar-refractivity contribution is 0.102. The summed E-state index contributed by atoms with van der Waals surface area (Å²) < 4.78 is 15.7. The summed E-state index contributed by atoms with van der Waals surface area (Å²) >= 11 is 0. The fourth-order valence-corrected chi connectivity index (χ4v) is 1.97. The van der Waals surface area contributed by atoms with Crippen LogP contribution in [-0.2, 0) is 6.54 Å². The predicted octanol–water partition coefficient (Wildman–Crippen LogP) is 1.36. The number of amides is 1. The minimum atomic E-state index is -0.402. The van der Waals surface area contributed by atoms with Gasteiger partial charge in [-0.25, -0.2) is 0 Å². The Balaban J connectivity index is 2.24. The number of hydrogen-bond acceptors (Lipinski definition) is 7. The van der Waals surface area contributed by atoms with Crippen molar-refractivity contribution in [2.45, 2.75) is 19.9 Å². The van der Waals surface area contributed by atoms with Crippen LogP contribution < -0.4 is 19.5 Å². The molecule has 23 heavy (non-hydrogen) atoms. The standard InChI is InChI=1S/C14H19N5O4/c1-5-6-19-17-14(16-18-19)15-13(20)9-7-10(21-2)12(23-4)11(8-9)22-3/h7-8H,5-6H2,1-4H3,(H,15,17,20). The minimum absolute atomic E-state index is 0.136. The molecule has 0 aliphatic rings. The molecule has 0 atom stereocenters. The van der Waals surface area contributed by atoms with Crippen molar-refractivity contribution in [3.63, 3.8) is 0 Å². The van der Waals surface area contributed by atoms with Gasteiger partial charge in [0.15, 0.2) is 11.5 Å². The second-order valence-corrected chi connectivity index (χ2v) is 4.58. The van der Waals surface area contributed by atoms with Gasteiger partial charge >= 0.3 is 0 Å². The van der Waals surface area contributed by atoms with Crippen LogP contribution in [0, 0.1) is 0 Å². The summed E-state index contributed by atoms with van der Waals surface area (Å²) in [7, 11) is 4.46. The number of benzene rings is 1. The molecule has 0 aliphatic carbocycles. The molecule has 0 spiro atoms. The number of carbonyl (C=O) groups is 1. The Labute approximate surface area is 133 Å². The number of methoxy groups -OCH3 is 3. The molecule has 124 valence electrons. The average Bonchev–Trinajstić information content (AvgIpc) is 3.00. The molecule has 1 amide bonds. The summed E-state index contributed by atoms with van der Waals surface area (Å²) in [4.78, 5) is 13.8. The number of rotatable bonds is 7. The number of hydrogen-bond donors (Lipinski definition) is 1. The van der Waals surface area contributed by atoms with E-state index in [1.54, 1.807) is 12.1 Å². The molecule has 0 saturated carbocycles. The maximum Gasteiger partial charge on any atom is 0.270 e. The van der Waals surface area contributed by atoms with Crippen LogP contribution in [0.15, 0.2) is 12.1 Å². The van der Waals surface area contributed by atoms with Crippen LogP contribution in [0.1, 0.15) is 23.7 Å². The fraction of sp³-hybridized carbons (Fsp3) is 0.429. The van der Waals surface area contributed by atoms with Gasteiger partial charge in [-0.05, 0) is 23.8 Å². The Morgan fingerprint density at radius 3 is 2.35 bits per heavy atom. The zero-order valence-corrected chi connectivity index (χ0v) is 13.5. The van der Waals surface area contributed by atoms with Crippen molar-refractivity contribution in [3.05, 3.63) is 17.7 Å². The van der Waals surface area contributed by atoms with Gasteiger partial charge in [0.25, 0.3) is 11.9 Å². The molecule has 1 N–H and O–H groups in total. The van der Waals surface area contributed by atoms with E-state index in [1.165, 1.54) is 26.1 Å². The number of aryl methyl sites for hydroxylation is 1. The number of tetrazole rings is 1. The second-order valence-electron chi connectivity index (χ2n) is 4.58. The molecule has 0 unspecified atom stereocenters. The van der Waals surface area contributed by atoms with Crippen LogP contribution in [0.3, 0.4) is 0 Å². The molecule has 2 rings (SSSR count). The molecule has 1 aromatic carbocycles. The summed E-state index contributed by atoms with van der Waals surface area (Å²) in [6.45, 7) is 2.63. The van der Waals surface area contributed by atoms with Gasteiger partial charge in [-0.1, -0.05) is 12.0 Å². The SMILES string of the molecule is CCCn1nnc(NC(=O)c2cc(OC)c(OC)c(OC)c2)n1. The molecule has 1 heterocycles. The van der Waals surface area contributed by atoms with Gasteiger partial charge in [-0.2, -0.15) is 4.80 Å². The fourth-order valence-electron chi connectivity index (χ4n) is 1.97. The normalized spacial score (nSPS) is 10.3. The molecule has 0 radical (unpaired) electrons. The number of aromatic nitrogens is 4. The molecule has 1 aromatic heterocycles. The highest BCUT2D eigenvalue weighted by molar-refractivity contribution is 6.04. The zero-order chi connectivity index (χ0) is 16.8. The quantitative estimate of drug-likeness (QED) is 0.821. The van der Waals surface area contributed by atoms with Crippen LogP contribution >= 0.6 is 0 Å². The number of nitrogens with zero attached hydrogens (tertiary/aromatic N) is 4. The van der Waals surface area contributed by atoms with Gasteiger partial charge in [0, 0.05) is 5.56 Å². The van der Waals surface area contributed by atoms with Crippen molar-refractivity contribution in [1.29, 1.82) is 0 Å². The van der Waals surface area contributed by atoms with E-state index in [9.17, 15) is 4.79 Å². The third-order valence-corrected chi connectivity index (χ3v) is 3.03. The van der Waals surface area contributed by atoms with E-state index in [2.05, 4.69) is 20.7 Å². The van der Waals surface area contributed by atoms with Crippen LogP contribution in [0.4, 0.5) is 5.95 Å². The summed E-state index contributed by atoms with van der Waals surface area (Å²) in [5, 5.41) is 14.3. The van der Waals surface area contributed by atoms with Crippen molar-refractivity contribution in [1.82, 2.24) is 20.2 Å². The first kappa shape index (κ1) is 16.5. The lowest BCUT2D eigenvalue weighted by Crippen LogP contribution is -2.14. The van der Waals surface area contributed by atoms with Crippen LogP contribution in [0.5, 0.6) is 17.2 Å². The second kappa shape index (κ2) is 7.43. The number of anilines is 1. The van der Waals surface area contributed by atoms with Gasteiger partial charge in [0.05, 0.1) is 27.9 Å². The van der Waals surface area contributed by atoms with Crippen molar-refractivity contribution in [2.24, 2.45) is 0 Å². The summed E-state index contributed by atoms with van der Waals surface area (Å²) in [5.74, 6) is 0.926. The average molecular weight is 321 g/mol. The predicted molar refractivity (Wildman–Crippen MR) is 82.2 cm³/mol. The van der Waals surface area contributed by atoms with Gasteiger partial charge in [0.1, 0.15) is 0 Å². The third kappa shape index (κ3) is 3.68. The van der Waals surface area contributed by atoms with E-state index in [0.717, 1.165) is 6.42 Å². The van der Waals surface area contributed by atoms with E-state index in [-0.39, 0.29) is 5.95 Å². The van der Waals surface area contributed by atoms with E-state index in [4.69, 9.17) is 14.2 Å². The highest BCUT2D eigenvalue weighted by atomic mass is 16.5. The highest BCUT2D eigenvalue weighted by Crippen LogP contribution is 2.38. The van der Waals surface area contributed by atoms with Crippen molar-refractivity contribution >= 4 is 11.9 Å². The first-order valence-electron chi connectivity index (χ1n) is 7.02. The largest absolute Gasteiger partial charge is 0.493 e. The monoisotopic (exact) mass is 321 g/mol. The Kier molecular flexibility index (Phi) is 5.34. The third-order valence-electron chi connectivity index (χ3n) is 3.03. The lowest BCUT2D eigenvalue weighted by atomic mass is 10.1. The molecule has 0 saturated heterocycles. The topological polar surface area (TPSA) is 100 Å². The molecular weight excluding hydrogens is 302 g/mol. The first-order chi connectivity index (χ1) is 11.1. The lowest BCUT2D eigenvalue weighted by Gasteiger charge is -2.13. The van der Waals surface area contributed by atoms with Gasteiger partial charge in [-0.15, -0.1) is 5.10 Å². The smallest absolute Gasteiger partial charge is 0.270 e. The number of nitrogens with one attached hydrogen (secondary N) is 1. The van der Waals surface area contributed by atoms with Crippen molar-refractivity contribution in [3.8, 4) is 17.2 Å². The van der Waals surface area contributed by atoms with Gasteiger partial charge < -0.3 is 14.2 Å². The Hall–Kier alpha value is -2.84. The maximum absolute atomic E-state index is 12.3. The molecule has 0 aliphatic heterocycles. The van der Waals surface area contributed by atoms with Gasteiger partial charge in [-0.3, -0.25) is 10.1 Å². The van der Waals surface area contributed by atoms with Gasteiger partial charge in [0.2, 0.25) is 5.75 Å². The Bertz CT molecular complexity index is 661. The summed E-state index contributed by atoms with van der Waals surface area (Å²) in [6.07, 6.45) is 0.872. The first-order valence-corrected chi connectivity index (χ1v) is 7.02. The maximum atomic E-state index is 12.3. The summed E-state index contributed by atoms with van der Waals surface area (Å²) in [6, 6.07) is 3.10. The summed E-state index contributed by atoms with van der Waals surface area (Å²) in [5.41, 5.74) is 0.325. The minimum Gasteiger partial charge on any atom is -0.493 e. The highest BCUT2D eigenvalue weighted by Gasteiger charge is 2.18. The molecule has 2 aromatic rings. The van der Waals surface area contributed by atoms with E-state index in [0.29, 0.717) is 29.4 Å². The van der Waals surface area contributed by atoms with E-state index >= 15 is 0 Å².